The Labute approximate surface area is 120 Å². The SMILES string of the molecule is FC1(F)CCCC(CN2CCN(C3CCNC3)CC2)C1. The molecule has 3 nitrogen and oxygen atoms in total. The highest BCUT2D eigenvalue weighted by atomic mass is 19.3. The van der Waals surface area contributed by atoms with E-state index >= 15 is 0 Å². The number of nitrogens with zero attached hydrogens (tertiary/aromatic N) is 2. The lowest BCUT2D eigenvalue weighted by atomic mass is 9.86. The lowest BCUT2D eigenvalue weighted by Crippen LogP contribution is -2.52. The third-order valence-electron chi connectivity index (χ3n) is 5.22. The van der Waals surface area contributed by atoms with Crippen molar-refractivity contribution in [1.29, 1.82) is 0 Å². The molecule has 5 heteroatoms. The lowest BCUT2D eigenvalue weighted by Gasteiger charge is -2.40. The van der Waals surface area contributed by atoms with Gasteiger partial charge in [0.2, 0.25) is 5.92 Å². The molecule has 0 spiro atoms. The number of hydrogen-bond acceptors (Lipinski definition) is 3. The molecule has 0 radical (unpaired) electrons. The molecule has 1 N–H and O–H groups in total. The standard InChI is InChI=1S/C15H27F2N3/c16-15(17)4-1-2-13(10-15)12-19-6-8-20(9-7-19)14-3-5-18-11-14/h13-14,18H,1-12H2. The molecule has 2 unspecified atom stereocenters. The van der Waals surface area contributed by atoms with Gasteiger partial charge in [0, 0.05) is 58.2 Å². The second-order valence-corrected chi connectivity index (χ2v) is 6.80. The zero-order valence-electron chi connectivity index (χ0n) is 12.3. The Kier molecular flexibility index (Phi) is 4.58. The molecule has 2 heterocycles. The zero-order chi connectivity index (χ0) is 14.0. The molecule has 2 aliphatic heterocycles. The quantitative estimate of drug-likeness (QED) is 0.854. The van der Waals surface area contributed by atoms with Crippen LogP contribution in [0.5, 0.6) is 0 Å². The van der Waals surface area contributed by atoms with Crippen LogP contribution in [-0.2, 0) is 0 Å². The van der Waals surface area contributed by atoms with Crippen LogP contribution in [-0.4, -0.2) is 67.6 Å². The second-order valence-electron chi connectivity index (χ2n) is 6.80. The summed E-state index contributed by atoms with van der Waals surface area (Å²) in [6.45, 7) is 7.46. The number of alkyl halides is 2. The van der Waals surface area contributed by atoms with Gasteiger partial charge in [-0.15, -0.1) is 0 Å². The molecule has 3 rings (SSSR count). The van der Waals surface area contributed by atoms with Crippen molar-refractivity contribution in [3.05, 3.63) is 0 Å². The molecule has 0 aromatic heterocycles. The molecule has 1 aliphatic carbocycles. The molecule has 2 saturated heterocycles. The van der Waals surface area contributed by atoms with Gasteiger partial charge in [0.05, 0.1) is 0 Å². The van der Waals surface area contributed by atoms with E-state index in [1.807, 2.05) is 0 Å². The summed E-state index contributed by atoms with van der Waals surface area (Å²) in [6, 6.07) is 0.705. The molecule has 1 saturated carbocycles. The Morgan fingerprint density at radius 1 is 1.10 bits per heavy atom. The maximum Gasteiger partial charge on any atom is 0.248 e. The van der Waals surface area contributed by atoms with Crippen molar-refractivity contribution in [3.63, 3.8) is 0 Å². The summed E-state index contributed by atoms with van der Waals surface area (Å²) in [7, 11) is 0. The van der Waals surface area contributed by atoms with Crippen LogP contribution in [0.4, 0.5) is 8.78 Å². The molecule has 2 atom stereocenters. The molecule has 0 aromatic rings. The molecule has 3 fully saturated rings. The summed E-state index contributed by atoms with van der Waals surface area (Å²) in [5.74, 6) is -2.20. The van der Waals surface area contributed by atoms with Crippen LogP contribution in [0.15, 0.2) is 0 Å². The number of piperazine rings is 1. The van der Waals surface area contributed by atoms with Gasteiger partial charge in [0.1, 0.15) is 0 Å². The Bertz CT molecular complexity index is 310. The van der Waals surface area contributed by atoms with E-state index in [1.165, 1.54) is 6.42 Å². The monoisotopic (exact) mass is 287 g/mol. The van der Waals surface area contributed by atoms with Crippen molar-refractivity contribution in [1.82, 2.24) is 15.1 Å². The Hall–Kier alpha value is -0.260. The summed E-state index contributed by atoms with van der Waals surface area (Å²) >= 11 is 0. The minimum atomic E-state index is -2.40. The number of hydrogen-bond donors (Lipinski definition) is 1. The number of rotatable bonds is 3. The van der Waals surface area contributed by atoms with Gasteiger partial charge in [0.25, 0.3) is 0 Å². The fourth-order valence-electron chi connectivity index (χ4n) is 4.06. The first kappa shape index (κ1) is 14.7. The van der Waals surface area contributed by atoms with Crippen LogP contribution in [0, 0.1) is 5.92 Å². The van der Waals surface area contributed by atoms with Gasteiger partial charge >= 0.3 is 0 Å². The second kappa shape index (κ2) is 6.24. The van der Waals surface area contributed by atoms with Crippen molar-refractivity contribution in [2.24, 2.45) is 5.92 Å². The maximum absolute atomic E-state index is 13.4. The zero-order valence-corrected chi connectivity index (χ0v) is 12.3. The van der Waals surface area contributed by atoms with E-state index in [0.29, 0.717) is 12.5 Å². The van der Waals surface area contributed by atoms with E-state index in [1.54, 1.807) is 0 Å². The molecular weight excluding hydrogens is 260 g/mol. The van der Waals surface area contributed by atoms with E-state index in [4.69, 9.17) is 0 Å². The highest BCUT2D eigenvalue weighted by Gasteiger charge is 2.37. The van der Waals surface area contributed by atoms with Crippen LogP contribution in [0.3, 0.4) is 0 Å². The van der Waals surface area contributed by atoms with Gasteiger partial charge in [-0.1, -0.05) is 0 Å². The summed E-state index contributed by atoms with van der Waals surface area (Å²) in [4.78, 5) is 4.98. The van der Waals surface area contributed by atoms with Crippen LogP contribution >= 0.6 is 0 Å². The van der Waals surface area contributed by atoms with Gasteiger partial charge in [0.15, 0.2) is 0 Å². The smallest absolute Gasteiger partial charge is 0.248 e. The van der Waals surface area contributed by atoms with Crippen molar-refractivity contribution in [2.75, 3.05) is 45.8 Å². The third-order valence-corrected chi connectivity index (χ3v) is 5.22. The summed E-state index contributed by atoms with van der Waals surface area (Å²) in [5.41, 5.74) is 0. The predicted molar refractivity (Wildman–Crippen MR) is 76.2 cm³/mol. The van der Waals surface area contributed by atoms with Gasteiger partial charge in [-0.25, -0.2) is 8.78 Å². The highest BCUT2D eigenvalue weighted by Crippen LogP contribution is 2.37. The minimum Gasteiger partial charge on any atom is -0.315 e. The van der Waals surface area contributed by atoms with Crippen molar-refractivity contribution in [2.45, 2.75) is 44.1 Å². The Balaban J connectivity index is 1.42. The van der Waals surface area contributed by atoms with E-state index in [9.17, 15) is 8.78 Å². The van der Waals surface area contributed by atoms with E-state index in [-0.39, 0.29) is 18.8 Å². The summed E-state index contributed by atoms with van der Waals surface area (Å²) < 4.78 is 26.9. The van der Waals surface area contributed by atoms with Gasteiger partial charge < -0.3 is 10.2 Å². The van der Waals surface area contributed by atoms with Gasteiger partial charge in [-0.2, -0.15) is 0 Å². The first-order valence-electron chi connectivity index (χ1n) is 8.17. The average Bonchev–Trinajstić information content (AvgIpc) is 2.92. The topological polar surface area (TPSA) is 18.5 Å². The van der Waals surface area contributed by atoms with Crippen molar-refractivity contribution < 1.29 is 8.78 Å². The van der Waals surface area contributed by atoms with Crippen LogP contribution < -0.4 is 5.32 Å². The summed E-state index contributed by atoms with van der Waals surface area (Å²) in [6.07, 6.45) is 3.16. The first-order valence-corrected chi connectivity index (χ1v) is 8.17. The molecular formula is C15H27F2N3. The fourth-order valence-corrected chi connectivity index (χ4v) is 4.06. The lowest BCUT2D eigenvalue weighted by molar-refractivity contribution is -0.0587. The van der Waals surface area contributed by atoms with Crippen LogP contribution in [0.25, 0.3) is 0 Å². The average molecular weight is 287 g/mol. The summed E-state index contributed by atoms with van der Waals surface area (Å²) in [5, 5.41) is 3.42. The van der Waals surface area contributed by atoms with Gasteiger partial charge in [-0.3, -0.25) is 4.90 Å². The van der Waals surface area contributed by atoms with E-state index in [2.05, 4.69) is 15.1 Å². The molecule has 0 amide bonds. The molecule has 3 aliphatic rings. The van der Waals surface area contributed by atoms with Crippen LogP contribution in [0.1, 0.15) is 32.1 Å². The maximum atomic E-state index is 13.4. The minimum absolute atomic E-state index is 0.103. The number of nitrogens with one attached hydrogen (secondary N) is 1. The van der Waals surface area contributed by atoms with E-state index in [0.717, 1.165) is 52.2 Å². The first-order chi connectivity index (χ1) is 9.62. The Morgan fingerprint density at radius 2 is 1.90 bits per heavy atom. The van der Waals surface area contributed by atoms with Gasteiger partial charge in [-0.05, 0) is 31.7 Å². The molecule has 0 bridgehead atoms. The van der Waals surface area contributed by atoms with Crippen molar-refractivity contribution in [3.8, 4) is 0 Å². The molecule has 20 heavy (non-hydrogen) atoms. The normalized spacial score (nSPS) is 36.3. The molecule has 0 aromatic carbocycles. The predicted octanol–water partition coefficient (Wildman–Crippen LogP) is 1.79. The highest BCUT2D eigenvalue weighted by molar-refractivity contribution is 4.86. The third kappa shape index (κ3) is 3.68. The van der Waals surface area contributed by atoms with E-state index < -0.39 is 5.92 Å². The number of halogens is 2. The Morgan fingerprint density at radius 3 is 2.55 bits per heavy atom. The van der Waals surface area contributed by atoms with Crippen LogP contribution in [0.2, 0.25) is 0 Å². The fraction of sp³-hybridized carbons (Fsp3) is 1.00. The molecule has 116 valence electrons. The van der Waals surface area contributed by atoms with Crippen molar-refractivity contribution >= 4 is 0 Å². The largest absolute Gasteiger partial charge is 0.315 e.